The van der Waals surface area contributed by atoms with E-state index in [4.69, 9.17) is 24.2 Å². The van der Waals surface area contributed by atoms with Crippen LogP contribution in [0.5, 0.6) is 17.2 Å². The molecule has 0 saturated carbocycles. The van der Waals surface area contributed by atoms with Gasteiger partial charge in [-0.15, -0.1) is 0 Å². The molecule has 6 rings (SSSR count). The number of fused-ring (bicyclic) bond motifs is 1. The van der Waals surface area contributed by atoms with Crippen molar-refractivity contribution < 1.29 is 19.3 Å². The Morgan fingerprint density at radius 2 is 1.79 bits per heavy atom. The Bertz CT molecular complexity index is 1500. The van der Waals surface area contributed by atoms with E-state index in [1.165, 1.54) is 5.56 Å². The van der Waals surface area contributed by atoms with Gasteiger partial charge in [0.15, 0.2) is 11.5 Å². The van der Waals surface area contributed by atoms with Crippen molar-refractivity contribution in [2.45, 2.75) is 38.4 Å². The van der Waals surface area contributed by atoms with E-state index in [2.05, 4.69) is 44.4 Å². The summed E-state index contributed by atoms with van der Waals surface area (Å²) in [5.41, 5.74) is 4.21. The highest BCUT2D eigenvalue weighted by Crippen LogP contribution is 2.39. The molecule has 11 nitrogen and oxygen atoms in total. The number of benzene rings is 2. The first kappa shape index (κ1) is 27.8. The molecule has 0 bridgehead atoms. The number of nitrogens with zero attached hydrogens (tertiary/aromatic N) is 6. The molecule has 2 aromatic carbocycles. The number of methoxy groups -OCH3 is 3. The van der Waals surface area contributed by atoms with Crippen molar-refractivity contribution in [1.29, 1.82) is 0 Å². The Labute approximate surface area is 245 Å². The van der Waals surface area contributed by atoms with E-state index < -0.39 is 0 Å². The summed E-state index contributed by atoms with van der Waals surface area (Å²) < 4.78 is 18.4. The van der Waals surface area contributed by atoms with Gasteiger partial charge in [-0.25, -0.2) is 9.97 Å². The number of imidazole rings is 1. The summed E-state index contributed by atoms with van der Waals surface area (Å²) in [4.78, 5) is 19.2. The molecule has 4 heterocycles. The van der Waals surface area contributed by atoms with Gasteiger partial charge in [-0.3, -0.25) is 4.90 Å². The highest BCUT2D eigenvalue weighted by molar-refractivity contribution is 5.62. The van der Waals surface area contributed by atoms with E-state index in [1.54, 1.807) is 27.7 Å². The molecule has 2 aromatic heterocycles. The second-order valence-electron chi connectivity index (χ2n) is 10.6. The van der Waals surface area contributed by atoms with Crippen LogP contribution in [0.2, 0.25) is 0 Å². The predicted octanol–water partition coefficient (Wildman–Crippen LogP) is 3.95. The normalized spacial score (nSPS) is 16.8. The Kier molecular flexibility index (Phi) is 8.11. The molecule has 1 atom stereocenters. The number of aliphatic hydroxyl groups excluding tert-OH is 1. The van der Waals surface area contributed by atoms with Crippen LogP contribution in [-0.2, 0) is 19.5 Å². The van der Waals surface area contributed by atoms with Crippen LogP contribution in [0, 0.1) is 0 Å². The minimum absolute atomic E-state index is 0.0270. The Hall–Kier alpha value is -4.35. The first-order valence-corrected chi connectivity index (χ1v) is 14.2. The molecular formula is C31H37N7O4. The monoisotopic (exact) mass is 571 g/mol. The van der Waals surface area contributed by atoms with Crippen molar-refractivity contribution in [2.75, 3.05) is 51.2 Å². The number of ether oxygens (including phenoxy) is 3. The fourth-order valence-electron chi connectivity index (χ4n) is 5.84. The lowest BCUT2D eigenvalue weighted by atomic mass is 10.0. The maximum Gasteiger partial charge on any atom is 0.227 e. The SMILES string of the molecule is COc1cc(-n2cnc(Nc3nc(N4CCCC4CO)nc4c3CCN(Cc3ccccc3)C4)c2)cc(OC)c1OC. The molecule has 2 N–H and O–H groups in total. The average Bonchev–Trinajstić information content (AvgIpc) is 3.70. The van der Waals surface area contributed by atoms with Gasteiger partial charge in [0, 0.05) is 43.9 Å². The van der Waals surface area contributed by atoms with Gasteiger partial charge in [0.1, 0.15) is 18.0 Å². The molecule has 0 radical (unpaired) electrons. The van der Waals surface area contributed by atoms with Crippen LogP contribution < -0.4 is 24.4 Å². The molecule has 1 unspecified atom stereocenters. The zero-order chi connectivity index (χ0) is 29.1. The largest absolute Gasteiger partial charge is 0.493 e. The number of hydrogen-bond acceptors (Lipinski definition) is 10. The van der Waals surface area contributed by atoms with E-state index in [-0.39, 0.29) is 12.6 Å². The molecule has 0 aliphatic carbocycles. The summed E-state index contributed by atoms with van der Waals surface area (Å²) in [6.45, 7) is 3.41. The molecule has 11 heteroatoms. The molecule has 1 saturated heterocycles. The molecule has 42 heavy (non-hydrogen) atoms. The van der Waals surface area contributed by atoms with Crippen LogP contribution in [0.1, 0.15) is 29.7 Å². The smallest absolute Gasteiger partial charge is 0.227 e. The third kappa shape index (κ3) is 5.57. The highest BCUT2D eigenvalue weighted by Gasteiger charge is 2.30. The van der Waals surface area contributed by atoms with Crippen molar-refractivity contribution in [3.05, 3.63) is 71.8 Å². The first-order valence-electron chi connectivity index (χ1n) is 14.2. The molecule has 0 spiro atoms. The lowest BCUT2D eigenvalue weighted by Crippen LogP contribution is -2.36. The van der Waals surface area contributed by atoms with Crippen molar-refractivity contribution in [3.8, 4) is 22.9 Å². The average molecular weight is 572 g/mol. The molecule has 2 aliphatic heterocycles. The molecule has 220 valence electrons. The number of aliphatic hydroxyl groups is 1. The fraction of sp³-hybridized carbons (Fsp3) is 0.387. The quantitative estimate of drug-likeness (QED) is 0.290. The molecular weight excluding hydrogens is 534 g/mol. The van der Waals surface area contributed by atoms with E-state index >= 15 is 0 Å². The van der Waals surface area contributed by atoms with Gasteiger partial charge in [0.05, 0.1) is 51.6 Å². The summed E-state index contributed by atoms with van der Waals surface area (Å²) >= 11 is 0. The van der Waals surface area contributed by atoms with Crippen LogP contribution >= 0.6 is 0 Å². The maximum absolute atomic E-state index is 10.0. The topological polar surface area (TPSA) is 110 Å². The second kappa shape index (κ2) is 12.3. The van der Waals surface area contributed by atoms with Gasteiger partial charge >= 0.3 is 0 Å². The number of rotatable bonds is 10. The lowest BCUT2D eigenvalue weighted by Gasteiger charge is -2.31. The minimum Gasteiger partial charge on any atom is -0.493 e. The van der Waals surface area contributed by atoms with E-state index in [1.807, 2.05) is 29.0 Å². The van der Waals surface area contributed by atoms with Gasteiger partial charge in [-0.05, 0) is 24.8 Å². The third-order valence-electron chi connectivity index (χ3n) is 8.00. The molecule has 4 aromatic rings. The zero-order valence-corrected chi connectivity index (χ0v) is 24.3. The molecule has 1 fully saturated rings. The zero-order valence-electron chi connectivity index (χ0n) is 24.3. The van der Waals surface area contributed by atoms with E-state index in [0.29, 0.717) is 29.0 Å². The summed E-state index contributed by atoms with van der Waals surface area (Å²) in [6, 6.07) is 14.3. The Morgan fingerprint density at radius 1 is 1.00 bits per heavy atom. The minimum atomic E-state index is 0.0270. The third-order valence-corrected chi connectivity index (χ3v) is 8.00. The second-order valence-corrected chi connectivity index (χ2v) is 10.6. The Balaban J connectivity index is 1.31. The summed E-state index contributed by atoms with van der Waals surface area (Å²) in [7, 11) is 4.78. The summed E-state index contributed by atoms with van der Waals surface area (Å²) in [5.74, 6) is 3.73. The van der Waals surface area contributed by atoms with E-state index in [9.17, 15) is 5.11 Å². The van der Waals surface area contributed by atoms with Crippen molar-refractivity contribution in [1.82, 2.24) is 24.4 Å². The van der Waals surface area contributed by atoms with Crippen LogP contribution in [0.15, 0.2) is 55.0 Å². The van der Waals surface area contributed by atoms with Gasteiger partial charge in [-0.1, -0.05) is 30.3 Å². The van der Waals surface area contributed by atoms with Gasteiger partial charge in [0.2, 0.25) is 11.7 Å². The van der Waals surface area contributed by atoms with Crippen molar-refractivity contribution in [2.24, 2.45) is 0 Å². The summed E-state index contributed by atoms with van der Waals surface area (Å²) in [6.07, 6.45) is 6.40. The molecule has 0 amide bonds. The van der Waals surface area contributed by atoms with Crippen LogP contribution in [0.3, 0.4) is 0 Å². The number of hydrogen-bond donors (Lipinski definition) is 2. The van der Waals surface area contributed by atoms with Crippen molar-refractivity contribution >= 4 is 17.6 Å². The van der Waals surface area contributed by atoms with E-state index in [0.717, 1.165) is 68.2 Å². The lowest BCUT2D eigenvalue weighted by molar-refractivity contribution is 0.241. The fourth-order valence-corrected chi connectivity index (χ4v) is 5.84. The molecule has 2 aliphatic rings. The van der Waals surface area contributed by atoms with Gasteiger partial charge in [-0.2, -0.15) is 4.98 Å². The summed E-state index contributed by atoms with van der Waals surface area (Å²) in [5, 5.41) is 13.5. The highest BCUT2D eigenvalue weighted by atomic mass is 16.5. The number of anilines is 3. The first-order chi connectivity index (χ1) is 20.6. The standard InChI is InChI=1S/C31H37N7O4/c1-40-26-14-23(15-27(41-2)29(26)42-3)37-18-28(32-20-37)34-30-24-11-13-36(16-21-8-5-4-6-9-21)17-25(24)33-31(35-30)38-12-7-10-22(38)19-39/h4-6,8-9,14-15,18,20,22,39H,7,10-13,16-17,19H2,1-3H3,(H,33,34,35). The maximum atomic E-state index is 10.0. The van der Waals surface area contributed by atoms with Crippen LogP contribution in [0.25, 0.3) is 5.69 Å². The van der Waals surface area contributed by atoms with Gasteiger partial charge < -0.3 is 34.1 Å². The number of nitrogens with one attached hydrogen (secondary N) is 1. The predicted molar refractivity (Wildman–Crippen MR) is 160 cm³/mol. The Morgan fingerprint density at radius 3 is 2.50 bits per heavy atom. The number of aromatic nitrogens is 4. The van der Waals surface area contributed by atoms with Gasteiger partial charge in [0.25, 0.3) is 0 Å². The van der Waals surface area contributed by atoms with Crippen LogP contribution in [0.4, 0.5) is 17.6 Å². The van der Waals surface area contributed by atoms with Crippen LogP contribution in [-0.4, -0.2) is 76.6 Å². The van der Waals surface area contributed by atoms with Crippen molar-refractivity contribution in [3.63, 3.8) is 0 Å².